The van der Waals surface area contributed by atoms with Gasteiger partial charge in [-0.05, 0) is 46.9 Å². The van der Waals surface area contributed by atoms with Crippen LogP contribution in [0.3, 0.4) is 0 Å². The van der Waals surface area contributed by atoms with Crippen molar-refractivity contribution < 1.29 is 9.59 Å². The fourth-order valence-corrected chi connectivity index (χ4v) is 4.00. The van der Waals surface area contributed by atoms with Crippen LogP contribution in [0.5, 0.6) is 0 Å². The van der Waals surface area contributed by atoms with Crippen LogP contribution < -0.4 is 5.32 Å². The molecule has 4 nitrogen and oxygen atoms in total. The highest BCUT2D eigenvalue weighted by Gasteiger charge is 2.27. The van der Waals surface area contributed by atoms with Crippen LogP contribution in [0.15, 0.2) is 66.7 Å². The van der Waals surface area contributed by atoms with Crippen molar-refractivity contribution in [2.45, 2.75) is 25.3 Å². The molecule has 0 aliphatic heterocycles. The molecule has 0 fully saturated rings. The van der Waals surface area contributed by atoms with E-state index < -0.39 is 0 Å². The first-order valence-corrected chi connectivity index (χ1v) is 9.74. The van der Waals surface area contributed by atoms with Gasteiger partial charge in [-0.15, -0.1) is 0 Å². The maximum absolute atomic E-state index is 12.6. The van der Waals surface area contributed by atoms with Crippen LogP contribution in [0.1, 0.15) is 40.4 Å². The maximum atomic E-state index is 12.6. The molecule has 1 atom stereocenters. The Morgan fingerprint density at radius 2 is 1.75 bits per heavy atom. The Balaban J connectivity index is 1.33. The van der Waals surface area contributed by atoms with E-state index in [9.17, 15) is 9.59 Å². The van der Waals surface area contributed by atoms with E-state index in [-0.39, 0.29) is 17.9 Å². The average molecular weight is 372 g/mol. The summed E-state index contributed by atoms with van der Waals surface area (Å²) in [6.45, 7) is 0.337. The molecule has 0 bridgehead atoms. The predicted molar refractivity (Wildman–Crippen MR) is 111 cm³/mol. The highest BCUT2D eigenvalue weighted by Crippen LogP contribution is 2.34. The quantitative estimate of drug-likeness (QED) is 0.733. The van der Waals surface area contributed by atoms with Gasteiger partial charge in [0.1, 0.15) is 0 Å². The van der Waals surface area contributed by atoms with E-state index in [0.717, 1.165) is 23.6 Å². The summed E-state index contributed by atoms with van der Waals surface area (Å²) in [6.07, 6.45) is 2.27. The second-order valence-corrected chi connectivity index (χ2v) is 7.33. The van der Waals surface area contributed by atoms with E-state index in [2.05, 4.69) is 17.4 Å². The van der Waals surface area contributed by atoms with Gasteiger partial charge in [0, 0.05) is 25.6 Å². The smallest absolute Gasteiger partial charge is 0.251 e. The van der Waals surface area contributed by atoms with Crippen molar-refractivity contribution in [1.82, 2.24) is 10.2 Å². The van der Waals surface area contributed by atoms with Gasteiger partial charge >= 0.3 is 0 Å². The molecule has 0 saturated carbocycles. The molecule has 1 aliphatic carbocycles. The van der Waals surface area contributed by atoms with E-state index in [1.165, 1.54) is 11.1 Å². The third-order valence-corrected chi connectivity index (χ3v) is 5.60. The van der Waals surface area contributed by atoms with Crippen molar-refractivity contribution in [2.75, 3.05) is 13.6 Å². The van der Waals surface area contributed by atoms with Crippen LogP contribution in [0, 0.1) is 0 Å². The van der Waals surface area contributed by atoms with Crippen LogP contribution in [0.2, 0.25) is 0 Å². The zero-order chi connectivity index (χ0) is 19.5. The lowest BCUT2D eigenvalue weighted by Crippen LogP contribution is -2.34. The molecule has 4 heteroatoms. The Labute approximate surface area is 165 Å². The number of amides is 2. The van der Waals surface area contributed by atoms with Gasteiger partial charge in [-0.3, -0.25) is 9.59 Å². The van der Waals surface area contributed by atoms with E-state index in [0.29, 0.717) is 18.5 Å². The molecule has 3 aromatic rings. The lowest BCUT2D eigenvalue weighted by molar-refractivity contribution is -0.131. The lowest BCUT2D eigenvalue weighted by Gasteiger charge is -2.25. The standard InChI is InChI=1S/C24H24N2O2/c1-26(22-13-12-18-7-4-5-9-21(18)22)23(27)14-15-25-24(28)20-11-10-17-6-2-3-8-19(17)16-20/h2-11,16,22H,12-15H2,1H3,(H,25,28). The van der Waals surface area contributed by atoms with E-state index >= 15 is 0 Å². The van der Waals surface area contributed by atoms with Crippen LogP contribution in [0.4, 0.5) is 0 Å². The molecule has 0 radical (unpaired) electrons. The highest BCUT2D eigenvalue weighted by molar-refractivity contribution is 5.98. The fraction of sp³-hybridized carbons (Fsp3) is 0.250. The summed E-state index contributed by atoms with van der Waals surface area (Å²) < 4.78 is 0. The third-order valence-electron chi connectivity index (χ3n) is 5.60. The van der Waals surface area contributed by atoms with Crippen molar-refractivity contribution in [3.8, 4) is 0 Å². The minimum Gasteiger partial charge on any atom is -0.352 e. The second-order valence-electron chi connectivity index (χ2n) is 7.33. The molecule has 0 spiro atoms. The Morgan fingerprint density at radius 1 is 1.00 bits per heavy atom. The van der Waals surface area contributed by atoms with Gasteiger partial charge in [0.15, 0.2) is 0 Å². The number of carbonyl (C=O) groups is 2. The summed E-state index contributed by atoms with van der Waals surface area (Å²) in [5, 5.41) is 5.01. The summed E-state index contributed by atoms with van der Waals surface area (Å²) in [4.78, 5) is 26.9. The lowest BCUT2D eigenvalue weighted by atomic mass is 10.1. The van der Waals surface area contributed by atoms with Crippen molar-refractivity contribution in [3.63, 3.8) is 0 Å². The van der Waals surface area contributed by atoms with Crippen molar-refractivity contribution >= 4 is 22.6 Å². The Hall–Kier alpha value is -3.14. The van der Waals surface area contributed by atoms with Gasteiger partial charge < -0.3 is 10.2 Å². The van der Waals surface area contributed by atoms with Crippen LogP contribution in [-0.2, 0) is 11.2 Å². The zero-order valence-electron chi connectivity index (χ0n) is 16.0. The number of benzene rings is 3. The van der Waals surface area contributed by atoms with Gasteiger partial charge in [-0.25, -0.2) is 0 Å². The van der Waals surface area contributed by atoms with Gasteiger partial charge in [0.25, 0.3) is 5.91 Å². The molecule has 1 unspecified atom stereocenters. The normalized spacial score (nSPS) is 15.2. The van der Waals surface area contributed by atoms with Crippen molar-refractivity contribution in [2.24, 2.45) is 0 Å². The summed E-state index contributed by atoms with van der Waals surface area (Å²) in [5.74, 6) is -0.0899. The first kappa shape index (κ1) is 18.2. The van der Waals surface area contributed by atoms with Gasteiger partial charge in [-0.1, -0.05) is 54.6 Å². The molecule has 1 aliphatic rings. The number of fused-ring (bicyclic) bond motifs is 2. The van der Waals surface area contributed by atoms with Gasteiger partial charge in [0.05, 0.1) is 6.04 Å². The molecule has 0 heterocycles. The molecule has 1 N–H and O–H groups in total. The molecule has 2 amide bonds. The topological polar surface area (TPSA) is 49.4 Å². The Morgan fingerprint density at radius 3 is 2.61 bits per heavy atom. The maximum Gasteiger partial charge on any atom is 0.251 e. The van der Waals surface area contributed by atoms with Crippen LogP contribution in [0.25, 0.3) is 10.8 Å². The predicted octanol–water partition coefficient (Wildman–Crippen LogP) is 4.11. The van der Waals surface area contributed by atoms with E-state index in [4.69, 9.17) is 0 Å². The van der Waals surface area contributed by atoms with Crippen LogP contribution in [-0.4, -0.2) is 30.3 Å². The molecule has 0 aromatic heterocycles. The summed E-state index contributed by atoms with van der Waals surface area (Å²) in [5.41, 5.74) is 3.19. The van der Waals surface area contributed by atoms with Gasteiger partial charge in [0.2, 0.25) is 5.91 Å². The average Bonchev–Trinajstić information content (AvgIpc) is 3.16. The number of rotatable bonds is 5. The summed E-state index contributed by atoms with van der Waals surface area (Å²) in [7, 11) is 1.86. The monoisotopic (exact) mass is 372 g/mol. The van der Waals surface area contributed by atoms with Gasteiger partial charge in [-0.2, -0.15) is 0 Å². The third kappa shape index (κ3) is 3.63. The second kappa shape index (κ2) is 7.85. The minimum absolute atomic E-state index is 0.0560. The highest BCUT2D eigenvalue weighted by atomic mass is 16.2. The number of aryl methyl sites for hydroxylation is 1. The Bertz CT molecular complexity index is 1030. The van der Waals surface area contributed by atoms with E-state index in [1.54, 1.807) is 0 Å². The zero-order valence-corrected chi connectivity index (χ0v) is 16.0. The molecule has 4 rings (SSSR count). The van der Waals surface area contributed by atoms with Crippen molar-refractivity contribution in [3.05, 3.63) is 83.4 Å². The number of carbonyl (C=O) groups excluding carboxylic acids is 2. The number of nitrogens with one attached hydrogen (secondary N) is 1. The van der Waals surface area contributed by atoms with Crippen molar-refractivity contribution in [1.29, 1.82) is 0 Å². The van der Waals surface area contributed by atoms with Crippen LogP contribution >= 0.6 is 0 Å². The first-order chi connectivity index (χ1) is 13.6. The summed E-state index contributed by atoms with van der Waals surface area (Å²) >= 11 is 0. The molecule has 28 heavy (non-hydrogen) atoms. The fourth-order valence-electron chi connectivity index (χ4n) is 4.00. The Kier molecular flexibility index (Phi) is 5.11. The number of nitrogens with zero attached hydrogens (tertiary/aromatic N) is 1. The first-order valence-electron chi connectivity index (χ1n) is 9.74. The SMILES string of the molecule is CN(C(=O)CCNC(=O)c1ccc2ccccc2c1)C1CCc2ccccc21. The molecule has 142 valence electrons. The largest absolute Gasteiger partial charge is 0.352 e. The molecular weight excluding hydrogens is 348 g/mol. The summed E-state index contributed by atoms with van der Waals surface area (Å²) in [6, 6.07) is 22.1. The number of hydrogen-bond donors (Lipinski definition) is 1. The molecule has 0 saturated heterocycles. The number of hydrogen-bond acceptors (Lipinski definition) is 2. The molecule has 3 aromatic carbocycles. The van der Waals surface area contributed by atoms with E-state index in [1.807, 2.05) is 66.5 Å². The minimum atomic E-state index is -0.146. The molecular formula is C24H24N2O2.